The van der Waals surface area contributed by atoms with Gasteiger partial charge in [0.2, 0.25) is 5.88 Å². The number of halogens is 1. The van der Waals surface area contributed by atoms with Gasteiger partial charge in [0.1, 0.15) is 11.6 Å². The highest BCUT2D eigenvalue weighted by Crippen LogP contribution is 2.31. The van der Waals surface area contributed by atoms with Gasteiger partial charge in [0.05, 0.1) is 17.2 Å². The number of ether oxygens (including phenoxy) is 1. The van der Waals surface area contributed by atoms with E-state index in [-0.39, 0.29) is 22.7 Å². The van der Waals surface area contributed by atoms with Crippen molar-refractivity contribution < 1.29 is 14.2 Å². The second kappa shape index (κ2) is 8.75. The molecule has 1 aromatic carbocycles. The average molecular weight is 396 g/mol. The van der Waals surface area contributed by atoms with Crippen LogP contribution in [0.4, 0.5) is 10.1 Å². The summed E-state index contributed by atoms with van der Waals surface area (Å²) in [6.07, 6.45) is 0.798. The second-order valence-corrected chi connectivity index (χ2v) is 7.79. The maximum Gasteiger partial charge on any atom is 0.309 e. The van der Waals surface area contributed by atoms with E-state index < -0.39 is 0 Å². The average Bonchev–Trinajstić information content (AvgIpc) is 2.94. The van der Waals surface area contributed by atoms with E-state index in [2.05, 4.69) is 9.80 Å². The van der Waals surface area contributed by atoms with Crippen LogP contribution in [0.15, 0.2) is 28.4 Å². The Morgan fingerprint density at radius 2 is 1.96 bits per heavy atom. The zero-order valence-corrected chi connectivity index (χ0v) is 16.5. The number of aromatic nitrogens is 1. The van der Waals surface area contributed by atoms with Crippen LogP contribution in [-0.4, -0.2) is 53.4 Å². The summed E-state index contributed by atoms with van der Waals surface area (Å²) >= 11 is 1.02. The van der Waals surface area contributed by atoms with Crippen LogP contribution in [0.2, 0.25) is 0 Å². The molecule has 0 radical (unpaired) electrons. The number of anilines is 1. The van der Waals surface area contributed by atoms with E-state index in [9.17, 15) is 14.3 Å². The number of hydrogen-bond acceptors (Lipinski definition) is 6. The summed E-state index contributed by atoms with van der Waals surface area (Å²) in [6, 6.07) is 4.71. The number of nitrogens with zero attached hydrogens (tertiary/aromatic N) is 3. The maximum absolute atomic E-state index is 13.6. The number of rotatable bonds is 7. The first-order chi connectivity index (χ1) is 12.9. The van der Waals surface area contributed by atoms with Crippen molar-refractivity contribution in [3.05, 3.63) is 39.1 Å². The molecular formula is C19H26FN3O3S. The molecule has 0 unspecified atom stereocenters. The van der Waals surface area contributed by atoms with Gasteiger partial charge in [-0.05, 0) is 38.9 Å². The normalized spacial score (nSPS) is 15.5. The molecule has 2 heterocycles. The number of hydrogen-bond donors (Lipinski definition) is 1. The lowest BCUT2D eigenvalue weighted by atomic mass is 10.2. The quantitative estimate of drug-likeness (QED) is 0.781. The first-order valence-electron chi connectivity index (χ1n) is 9.25. The lowest BCUT2D eigenvalue weighted by molar-refractivity contribution is 0.234. The van der Waals surface area contributed by atoms with Gasteiger partial charge >= 0.3 is 4.87 Å². The molecule has 0 atom stereocenters. The Labute approximate surface area is 162 Å². The zero-order valence-electron chi connectivity index (χ0n) is 15.7. The fourth-order valence-electron chi connectivity index (χ4n) is 3.29. The molecule has 148 valence electrons. The minimum Gasteiger partial charge on any atom is -0.494 e. The second-order valence-electron chi connectivity index (χ2n) is 6.97. The first-order valence-corrected chi connectivity index (χ1v) is 10.1. The van der Waals surface area contributed by atoms with E-state index in [0.29, 0.717) is 12.3 Å². The molecule has 1 N–H and O–H groups in total. The van der Waals surface area contributed by atoms with Crippen molar-refractivity contribution in [2.24, 2.45) is 0 Å². The maximum atomic E-state index is 13.6. The van der Waals surface area contributed by atoms with E-state index in [4.69, 9.17) is 4.74 Å². The Bertz CT molecular complexity index is 813. The lowest BCUT2D eigenvalue weighted by Crippen LogP contribution is -2.47. The van der Waals surface area contributed by atoms with Gasteiger partial charge in [0.25, 0.3) is 0 Å². The fraction of sp³-hybridized carbons (Fsp3) is 0.526. The Balaban J connectivity index is 1.52. The molecule has 0 saturated carbocycles. The van der Waals surface area contributed by atoms with Crippen LogP contribution in [0, 0.1) is 5.82 Å². The lowest BCUT2D eigenvalue weighted by Gasteiger charge is -2.37. The molecule has 1 saturated heterocycles. The van der Waals surface area contributed by atoms with E-state index in [0.717, 1.165) is 56.2 Å². The van der Waals surface area contributed by atoms with Crippen LogP contribution in [0.5, 0.6) is 11.6 Å². The molecule has 0 amide bonds. The third-order valence-electron chi connectivity index (χ3n) is 4.62. The van der Waals surface area contributed by atoms with Crippen LogP contribution in [0.25, 0.3) is 0 Å². The Hall–Kier alpha value is -2.06. The third kappa shape index (κ3) is 5.01. The molecule has 1 aromatic heterocycles. The molecule has 27 heavy (non-hydrogen) atoms. The van der Waals surface area contributed by atoms with Crippen LogP contribution in [-0.2, 0) is 6.54 Å². The summed E-state index contributed by atoms with van der Waals surface area (Å²) in [5, 5.41) is 11.1. The fourth-order valence-corrected chi connectivity index (χ4v) is 3.94. The summed E-state index contributed by atoms with van der Waals surface area (Å²) in [7, 11) is 0. The predicted molar refractivity (Wildman–Crippen MR) is 106 cm³/mol. The van der Waals surface area contributed by atoms with Crippen LogP contribution < -0.4 is 14.5 Å². The highest BCUT2D eigenvalue weighted by atomic mass is 32.1. The van der Waals surface area contributed by atoms with Gasteiger partial charge in [-0.2, -0.15) is 0 Å². The van der Waals surface area contributed by atoms with Crippen molar-refractivity contribution >= 4 is 17.0 Å². The van der Waals surface area contributed by atoms with Crippen LogP contribution in [0.1, 0.15) is 20.3 Å². The highest BCUT2D eigenvalue weighted by molar-refractivity contribution is 7.07. The molecule has 3 rings (SSSR count). The Morgan fingerprint density at radius 1 is 1.22 bits per heavy atom. The van der Waals surface area contributed by atoms with Gasteiger partial charge in [0, 0.05) is 38.8 Å². The summed E-state index contributed by atoms with van der Waals surface area (Å²) < 4.78 is 20.8. The number of piperazine rings is 1. The molecule has 1 fully saturated rings. The Morgan fingerprint density at radius 3 is 2.59 bits per heavy atom. The number of aromatic hydroxyl groups is 1. The SMILES string of the molecule is CC(C)Oc1cc(F)ccc1N1CCN(CCCn2c(O)csc2=O)CC1. The third-order valence-corrected chi connectivity index (χ3v) is 5.37. The zero-order chi connectivity index (χ0) is 19.4. The molecule has 2 aromatic rings. The Kier molecular flexibility index (Phi) is 6.38. The predicted octanol–water partition coefficient (Wildman–Crippen LogP) is 2.75. The van der Waals surface area contributed by atoms with Crippen molar-refractivity contribution in [1.82, 2.24) is 9.47 Å². The molecular weight excluding hydrogens is 369 g/mol. The van der Waals surface area contributed by atoms with Crippen molar-refractivity contribution in [2.75, 3.05) is 37.6 Å². The molecule has 1 aliphatic rings. The first kappa shape index (κ1) is 19.7. The van der Waals surface area contributed by atoms with Crippen molar-refractivity contribution in [2.45, 2.75) is 32.9 Å². The van der Waals surface area contributed by atoms with Gasteiger partial charge in [-0.15, -0.1) is 0 Å². The number of thiazole rings is 1. The highest BCUT2D eigenvalue weighted by Gasteiger charge is 2.20. The molecule has 1 aliphatic heterocycles. The smallest absolute Gasteiger partial charge is 0.309 e. The minimum atomic E-state index is -0.292. The monoisotopic (exact) mass is 395 g/mol. The molecule has 8 heteroatoms. The number of benzene rings is 1. The van der Waals surface area contributed by atoms with Crippen LogP contribution in [0.3, 0.4) is 0 Å². The molecule has 0 spiro atoms. The summed E-state index contributed by atoms with van der Waals surface area (Å²) in [4.78, 5) is 16.1. The standard InChI is InChI=1S/C19H26FN3O3S/c1-14(2)26-17-12-15(20)4-5-16(17)22-10-8-21(9-11-22)6-3-7-23-18(24)13-27-19(23)25/h4-5,12-14,24H,3,6-11H2,1-2H3. The summed E-state index contributed by atoms with van der Waals surface area (Å²) in [6.45, 7) is 8.72. The van der Waals surface area contributed by atoms with E-state index in [1.54, 1.807) is 6.07 Å². The van der Waals surface area contributed by atoms with Gasteiger partial charge < -0.3 is 14.7 Å². The topological polar surface area (TPSA) is 57.9 Å². The molecule has 6 nitrogen and oxygen atoms in total. The van der Waals surface area contributed by atoms with E-state index in [1.807, 2.05) is 13.8 Å². The van der Waals surface area contributed by atoms with E-state index >= 15 is 0 Å². The van der Waals surface area contributed by atoms with Crippen LogP contribution >= 0.6 is 11.3 Å². The van der Waals surface area contributed by atoms with Crippen molar-refractivity contribution in [1.29, 1.82) is 0 Å². The van der Waals surface area contributed by atoms with Crippen molar-refractivity contribution in [3.63, 3.8) is 0 Å². The van der Waals surface area contributed by atoms with Gasteiger partial charge in [-0.25, -0.2) is 4.39 Å². The summed E-state index contributed by atoms with van der Waals surface area (Å²) in [5.74, 6) is 0.342. The van der Waals surface area contributed by atoms with Gasteiger partial charge in [-0.1, -0.05) is 11.3 Å². The molecule has 0 bridgehead atoms. The van der Waals surface area contributed by atoms with Gasteiger partial charge in [0.15, 0.2) is 0 Å². The van der Waals surface area contributed by atoms with Gasteiger partial charge in [-0.3, -0.25) is 14.3 Å². The minimum absolute atomic E-state index is 0.0104. The largest absolute Gasteiger partial charge is 0.494 e. The molecule has 0 aliphatic carbocycles. The van der Waals surface area contributed by atoms with Crippen molar-refractivity contribution in [3.8, 4) is 11.6 Å². The summed E-state index contributed by atoms with van der Waals surface area (Å²) in [5.41, 5.74) is 0.930. The van der Waals surface area contributed by atoms with E-state index in [1.165, 1.54) is 22.1 Å².